The molecular formula is C20H20FNO3. The highest BCUT2D eigenvalue weighted by molar-refractivity contribution is 6.04. The summed E-state index contributed by atoms with van der Waals surface area (Å²) in [5.41, 5.74) is 3.45. The Balaban J connectivity index is 1.72. The number of carbonyl (C=O) groups is 2. The summed E-state index contributed by atoms with van der Waals surface area (Å²) in [6.45, 7) is 5.47. The molecule has 130 valence electrons. The van der Waals surface area contributed by atoms with E-state index in [1.54, 1.807) is 0 Å². The fourth-order valence-electron chi connectivity index (χ4n) is 3.33. The number of fused-ring (bicyclic) bond motifs is 1. The predicted molar refractivity (Wildman–Crippen MR) is 93.8 cm³/mol. The summed E-state index contributed by atoms with van der Waals surface area (Å²) in [5.74, 6) is -0.787. The third-order valence-corrected chi connectivity index (χ3v) is 4.28. The highest BCUT2D eigenvalue weighted by Gasteiger charge is 2.32. The van der Waals surface area contributed by atoms with Crippen LogP contribution in [0.25, 0.3) is 0 Å². The molecular weight excluding hydrogens is 321 g/mol. The number of benzene rings is 2. The highest BCUT2D eigenvalue weighted by atomic mass is 19.1. The van der Waals surface area contributed by atoms with Crippen LogP contribution in [0, 0.1) is 19.7 Å². The number of aryl methyl sites for hydroxylation is 2. The Hall–Kier alpha value is -2.69. The van der Waals surface area contributed by atoms with Crippen LogP contribution in [0.1, 0.15) is 46.3 Å². The van der Waals surface area contributed by atoms with E-state index in [9.17, 15) is 14.0 Å². The Morgan fingerprint density at radius 2 is 1.92 bits per heavy atom. The van der Waals surface area contributed by atoms with E-state index >= 15 is 0 Å². The average Bonchev–Trinajstić information content (AvgIpc) is 2.81. The number of amides is 1. The fraction of sp³-hybridized carbons (Fsp3) is 0.300. The number of anilines is 1. The number of carbonyl (C=O) groups excluding carboxylic acids is 2. The molecule has 0 aliphatic heterocycles. The fourth-order valence-corrected chi connectivity index (χ4v) is 3.33. The Morgan fingerprint density at radius 1 is 1.24 bits per heavy atom. The van der Waals surface area contributed by atoms with Gasteiger partial charge in [0.2, 0.25) is 0 Å². The summed E-state index contributed by atoms with van der Waals surface area (Å²) in [5, 5.41) is 2.77. The first-order chi connectivity index (χ1) is 11.8. The van der Waals surface area contributed by atoms with E-state index in [-0.39, 0.29) is 41.9 Å². The first kappa shape index (κ1) is 17.1. The second-order valence-electron chi connectivity index (χ2n) is 6.58. The molecule has 0 fully saturated rings. The van der Waals surface area contributed by atoms with Crippen LogP contribution in [-0.2, 0) is 4.79 Å². The Bertz CT molecular complexity index is 840. The molecule has 0 saturated heterocycles. The van der Waals surface area contributed by atoms with Crippen LogP contribution in [0.3, 0.4) is 0 Å². The van der Waals surface area contributed by atoms with Crippen molar-refractivity contribution in [1.29, 1.82) is 0 Å². The summed E-state index contributed by atoms with van der Waals surface area (Å²) in [6, 6.07) is 8.44. The quantitative estimate of drug-likeness (QED) is 0.909. The summed E-state index contributed by atoms with van der Waals surface area (Å²) >= 11 is 0. The van der Waals surface area contributed by atoms with E-state index < -0.39 is 5.82 Å². The number of hydrogen-bond acceptors (Lipinski definition) is 3. The number of Topliss-reactive ketones (excluding diaryl/α,β-unsaturated/α-hetero) is 1. The van der Waals surface area contributed by atoms with Crippen molar-refractivity contribution in [3.63, 3.8) is 0 Å². The van der Waals surface area contributed by atoms with Crippen LogP contribution < -0.4 is 10.1 Å². The monoisotopic (exact) mass is 341 g/mol. The van der Waals surface area contributed by atoms with Gasteiger partial charge in [-0.05, 0) is 55.2 Å². The van der Waals surface area contributed by atoms with Crippen LogP contribution in [0.2, 0.25) is 0 Å². The van der Waals surface area contributed by atoms with Gasteiger partial charge in [0.25, 0.3) is 5.91 Å². The topological polar surface area (TPSA) is 55.4 Å². The van der Waals surface area contributed by atoms with Gasteiger partial charge in [-0.3, -0.25) is 9.59 Å². The molecule has 25 heavy (non-hydrogen) atoms. The molecule has 1 atom stereocenters. The molecule has 5 heteroatoms. The van der Waals surface area contributed by atoms with Crippen molar-refractivity contribution in [2.45, 2.75) is 33.1 Å². The Labute approximate surface area is 146 Å². The minimum atomic E-state index is -0.402. The molecule has 1 aliphatic carbocycles. The Morgan fingerprint density at radius 3 is 2.60 bits per heavy atom. The maximum atomic E-state index is 14.0. The van der Waals surface area contributed by atoms with E-state index in [1.807, 2.05) is 39.0 Å². The number of hydrogen-bond donors (Lipinski definition) is 1. The molecule has 0 bridgehead atoms. The zero-order valence-corrected chi connectivity index (χ0v) is 14.5. The van der Waals surface area contributed by atoms with Crippen LogP contribution in [0.5, 0.6) is 5.75 Å². The van der Waals surface area contributed by atoms with Crippen molar-refractivity contribution in [3.05, 3.63) is 58.4 Å². The predicted octanol–water partition coefficient (Wildman–Crippen LogP) is 4.15. The number of rotatable bonds is 4. The molecule has 0 radical (unpaired) electrons. The van der Waals surface area contributed by atoms with Gasteiger partial charge in [0.1, 0.15) is 11.6 Å². The second-order valence-corrected chi connectivity index (χ2v) is 6.58. The Kier molecular flexibility index (Phi) is 4.57. The van der Waals surface area contributed by atoms with Crippen molar-refractivity contribution in [2.24, 2.45) is 0 Å². The lowest BCUT2D eigenvalue weighted by Crippen LogP contribution is -2.21. The number of nitrogens with one attached hydrogen (secondary N) is 1. The van der Waals surface area contributed by atoms with E-state index in [4.69, 9.17) is 4.74 Å². The molecule has 2 aromatic carbocycles. The van der Waals surface area contributed by atoms with Crippen molar-refractivity contribution in [3.8, 4) is 5.75 Å². The van der Waals surface area contributed by atoms with E-state index in [1.165, 1.54) is 12.1 Å². The molecule has 2 aromatic rings. The van der Waals surface area contributed by atoms with Gasteiger partial charge < -0.3 is 10.1 Å². The first-order valence-electron chi connectivity index (χ1n) is 8.21. The summed E-state index contributed by atoms with van der Waals surface area (Å²) in [6.07, 6.45) is 0.265. The molecule has 0 unspecified atom stereocenters. The van der Waals surface area contributed by atoms with Crippen molar-refractivity contribution >= 4 is 17.4 Å². The first-order valence-corrected chi connectivity index (χ1v) is 8.21. The molecule has 1 amide bonds. The third kappa shape index (κ3) is 3.55. The second kappa shape index (κ2) is 6.67. The van der Waals surface area contributed by atoms with Gasteiger partial charge in [-0.2, -0.15) is 0 Å². The molecule has 4 nitrogen and oxygen atoms in total. The van der Waals surface area contributed by atoms with Gasteiger partial charge in [0, 0.05) is 17.7 Å². The van der Waals surface area contributed by atoms with Crippen LogP contribution in [0.15, 0.2) is 30.3 Å². The summed E-state index contributed by atoms with van der Waals surface area (Å²) in [7, 11) is 0. The number of halogens is 1. The van der Waals surface area contributed by atoms with Gasteiger partial charge in [0.05, 0.1) is 5.56 Å². The van der Waals surface area contributed by atoms with E-state index in [0.717, 1.165) is 11.1 Å². The molecule has 1 aliphatic rings. The molecule has 0 aromatic heterocycles. The normalized spacial score (nSPS) is 15.8. The van der Waals surface area contributed by atoms with Crippen LogP contribution in [0.4, 0.5) is 10.1 Å². The molecule has 0 saturated carbocycles. The van der Waals surface area contributed by atoms with E-state index in [2.05, 4.69) is 5.32 Å². The SMILES string of the molecule is Cc1cc(C)cc(NC(=O)COc2ccc(F)c3c2C(=O)C[C@H]3C)c1. The lowest BCUT2D eigenvalue weighted by Gasteiger charge is -2.12. The van der Waals surface area contributed by atoms with Gasteiger partial charge in [-0.25, -0.2) is 4.39 Å². The van der Waals surface area contributed by atoms with Gasteiger partial charge >= 0.3 is 0 Å². The average molecular weight is 341 g/mol. The van der Waals surface area contributed by atoms with E-state index in [0.29, 0.717) is 11.3 Å². The van der Waals surface area contributed by atoms with Crippen molar-refractivity contribution in [1.82, 2.24) is 0 Å². The van der Waals surface area contributed by atoms with Crippen molar-refractivity contribution < 1.29 is 18.7 Å². The molecule has 0 spiro atoms. The zero-order valence-electron chi connectivity index (χ0n) is 14.5. The minimum Gasteiger partial charge on any atom is -0.483 e. The third-order valence-electron chi connectivity index (χ3n) is 4.28. The number of ketones is 1. The lowest BCUT2D eigenvalue weighted by molar-refractivity contribution is -0.118. The van der Waals surface area contributed by atoms with Crippen molar-refractivity contribution in [2.75, 3.05) is 11.9 Å². The number of ether oxygens (including phenoxy) is 1. The minimum absolute atomic E-state index is 0.147. The smallest absolute Gasteiger partial charge is 0.262 e. The highest BCUT2D eigenvalue weighted by Crippen LogP contribution is 2.39. The van der Waals surface area contributed by atoms with Gasteiger partial charge in [-0.15, -0.1) is 0 Å². The zero-order chi connectivity index (χ0) is 18.1. The van der Waals surface area contributed by atoms with Crippen LogP contribution in [-0.4, -0.2) is 18.3 Å². The largest absolute Gasteiger partial charge is 0.483 e. The van der Waals surface area contributed by atoms with Crippen LogP contribution >= 0.6 is 0 Å². The maximum Gasteiger partial charge on any atom is 0.262 e. The maximum absolute atomic E-state index is 14.0. The molecule has 3 rings (SSSR count). The lowest BCUT2D eigenvalue weighted by atomic mass is 10.0. The van der Waals surface area contributed by atoms with Gasteiger partial charge in [-0.1, -0.05) is 13.0 Å². The summed E-state index contributed by atoms with van der Waals surface area (Å²) < 4.78 is 19.5. The standard InChI is InChI=1S/C20H20FNO3/c1-11-6-12(2)8-14(7-11)22-18(24)10-25-17-5-4-15(21)19-13(3)9-16(23)20(17)19/h4-8,13H,9-10H2,1-3H3,(H,22,24)/t13-/m1/s1. The van der Waals surface area contributed by atoms with Gasteiger partial charge in [0.15, 0.2) is 12.4 Å². The molecule has 1 N–H and O–H groups in total. The molecule has 0 heterocycles. The summed E-state index contributed by atoms with van der Waals surface area (Å²) in [4.78, 5) is 24.2.